The van der Waals surface area contributed by atoms with E-state index in [0.717, 1.165) is 12.2 Å². The zero-order valence-electron chi connectivity index (χ0n) is 6.99. The Labute approximate surface area is 71.5 Å². The zero-order chi connectivity index (χ0) is 8.55. The van der Waals surface area contributed by atoms with Gasteiger partial charge in [0.15, 0.2) is 0 Å². The van der Waals surface area contributed by atoms with Crippen LogP contribution in [0.1, 0.15) is 11.1 Å². The summed E-state index contributed by atoms with van der Waals surface area (Å²) >= 11 is 0. The van der Waals surface area contributed by atoms with E-state index in [-0.39, 0.29) is 0 Å². The molecule has 12 heavy (non-hydrogen) atoms. The van der Waals surface area contributed by atoms with Crippen LogP contribution in [0.2, 0.25) is 0 Å². The highest BCUT2D eigenvalue weighted by atomic mass is 15.4. The highest BCUT2D eigenvalue weighted by Crippen LogP contribution is 2.16. The van der Waals surface area contributed by atoms with Crippen LogP contribution in [-0.2, 0) is 6.54 Å². The third kappa shape index (κ3) is 1.13. The molecule has 0 aliphatic carbocycles. The number of nitrogens with two attached hydrogens (primary N) is 1. The van der Waals surface area contributed by atoms with Gasteiger partial charge in [0.25, 0.3) is 0 Å². The first-order valence-electron chi connectivity index (χ1n) is 3.89. The number of hydrazone groups is 1. The largest absolute Gasteiger partial charge is 0.399 e. The molecule has 0 amide bonds. The Hall–Kier alpha value is -1.51. The Morgan fingerprint density at radius 3 is 3.17 bits per heavy atom. The molecule has 1 aliphatic heterocycles. The summed E-state index contributed by atoms with van der Waals surface area (Å²) in [6, 6.07) is 5.90. The molecule has 1 heterocycles. The molecule has 0 fully saturated rings. The highest BCUT2D eigenvalue weighted by molar-refractivity contribution is 5.83. The number of nitrogens with zero attached hydrogens (tertiary/aromatic N) is 2. The van der Waals surface area contributed by atoms with Crippen LogP contribution < -0.4 is 5.73 Å². The number of fused-ring (bicyclic) bond motifs is 1. The van der Waals surface area contributed by atoms with Crippen LogP contribution in [0.25, 0.3) is 0 Å². The second-order valence-corrected chi connectivity index (χ2v) is 3.02. The van der Waals surface area contributed by atoms with Gasteiger partial charge in [0.1, 0.15) is 0 Å². The SMILES string of the molecule is CN1Cc2cc(N)ccc2C=N1. The summed E-state index contributed by atoms with van der Waals surface area (Å²) in [5.41, 5.74) is 8.89. The van der Waals surface area contributed by atoms with Gasteiger partial charge in [-0.15, -0.1) is 0 Å². The van der Waals surface area contributed by atoms with Gasteiger partial charge in [-0.2, -0.15) is 5.10 Å². The Morgan fingerprint density at radius 2 is 2.33 bits per heavy atom. The van der Waals surface area contributed by atoms with Crippen LogP contribution in [0.15, 0.2) is 23.3 Å². The molecule has 1 aliphatic rings. The highest BCUT2D eigenvalue weighted by Gasteiger charge is 2.07. The lowest BCUT2D eigenvalue weighted by Gasteiger charge is -2.19. The maximum Gasteiger partial charge on any atom is 0.0614 e. The van der Waals surface area contributed by atoms with Crippen LogP contribution in [0.3, 0.4) is 0 Å². The van der Waals surface area contributed by atoms with E-state index in [9.17, 15) is 0 Å². The van der Waals surface area contributed by atoms with Gasteiger partial charge in [-0.3, -0.25) is 5.01 Å². The Kier molecular flexibility index (Phi) is 1.50. The van der Waals surface area contributed by atoms with Crippen molar-refractivity contribution < 1.29 is 0 Å². The fourth-order valence-electron chi connectivity index (χ4n) is 1.34. The summed E-state index contributed by atoms with van der Waals surface area (Å²) in [4.78, 5) is 0. The summed E-state index contributed by atoms with van der Waals surface area (Å²) in [7, 11) is 1.95. The standard InChI is InChI=1S/C9H11N3/c1-12-6-8-4-9(10)3-2-7(8)5-11-12/h2-5H,6,10H2,1H3. The molecule has 0 bridgehead atoms. The molecule has 1 aromatic carbocycles. The minimum atomic E-state index is 0.817. The minimum Gasteiger partial charge on any atom is -0.399 e. The lowest BCUT2D eigenvalue weighted by atomic mass is 10.1. The molecule has 62 valence electrons. The summed E-state index contributed by atoms with van der Waals surface area (Å²) in [6.07, 6.45) is 1.86. The van der Waals surface area contributed by atoms with Gasteiger partial charge >= 0.3 is 0 Å². The van der Waals surface area contributed by atoms with E-state index in [2.05, 4.69) is 5.10 Å². The molecule has 0 radical (unpaired) electrons. The van der Waals surface area contributed by atoms with Crippen LogP contribution in [-0.4, -0.2) is 18.3 Å². The molecule has 1 aromatic rings. The van der Waals surface area contributed by atoms with Crippen molar-refractivity contribution in [1.29, 1.82) is 0 Å². The summed E-state index contributed by atoms with van der Waals surface area (Å²) in [5.74, 6) is 0. The number of hydrogen-bond acceptors (Lipinski definition) is 3. The van der Waals surface area contributed by atoms with Crippen molar-refractivity contribution in [2.45, 2.75) is 6.54 Å². The van der Waals surface area contributed by atoms with E-state index >= 15 is 0 Å². The van der Waals surface area contributed by atoms with E-state index in [1.807, 2.05) is 36.5 Å². The van der Waals surface area contributed by atoms with Gasteiger partial charge in [0, 0.05) is 12.7 Å². The molecule has 3 heteroatoms. The first-order valence-corrected chi connectivity index (χ1v) is 3.89. The first-order chi connectivity index (χ1) is 5.75. The summed E-state index contributed by atoms with van der Waals surface area (Å²) in [5, 5.41) is 6.06. The minimum absolute atomic E-state index is 0.817. The second-order valence-electron chi connectivity index (χ2n) is 3.02. The monoisotopic (exact) mass is 161 g/mol. The number of benzene rings is 1. The average molecular weight is 161 g/mol. The fraction of sp³-hybridized carbons (Fsp3) is 0.222. The average Bonchev–Trinajstić information content (AvgIpc) is 2.03. The van der Waals surface area contributed by atoms with Crippen molar-refractivity contribution in [3.8, 4) is 0 Å². The fourth-order valence-corrected chi connectivity index (χ4v) is 1.34. The van der Waals surface area contributed by atoms with Gasteiger partial charge in [-0.1, -0.05) is 6.07 Å². The predicted octanol–water partition coefficient (Wildman–Crippen LogP) is 1.05. The molecule has 0 saturated carbocycles. The Balaban J connectivity index is 2.47. The van der Waals surface area contributed by atoms with Crippen molar-refractivity contribution in [3.05, 3.63) is 29.3 Å². The van der Waals surface area contributed by atoms with Gasteiger partial charge in [-0.25, -0.2) is 0 Å². The first kappa shape index (κ1) is 7.16. The third-order valence-corrected chi connectivity index (χ3v) is 1.96. The predicted molar refractivity (Wildman–Crippen MR) is 49.9 cm³/mol. The quantitative estimate of drug-likeness (QED) is 0.578. The van der Waals surface area contributed by atoms with Crippen molar-refractivity contribution >= 4 is 11.9 Å². The van der Waals surface area contributed by atoms with Crippen molar-refractivity contribution in [3.63, 3.8) is 0 Å². The lowest BCUT2D eigenvalue weighted by molar-refractivity contribution is 0.343. The molecule has 0 atom stereocenters. The Morgan fingerprint density at radius 1 is 1.50 bits per heavy atom. The molecule has 0 spiro atoms. The number of nitrogen functional groups attached to an aromatic ring is 1. The van der Waals surface area contributed by atoms with Crippen LogP contribution in [0, 0.1) is 0 Å². The maximum absolute atomic E-state index is 5.66. The van der Waals surface area contributed by atoms with E-state index in [1.54, 1.807) is 0 Å². The van der Waals surface area contributed by atoms with Crippen LogP contribution in [0.4, 0.5) is 5.69 Å². The smallest absolute Gasteiger partial charge is 0.0614 e. The molecular weight excluding hydrogens is 150 g/mol. The van der Waals surface area contributed by atoms with Gasteiger partial charge in [0.05, 0.1) is 12.8 Å². The van der Waals surface area contributed by atoms with E-state index in [4.69, 9.17) is 5.73 Å². The summed E-state index contributed by atoms with van der Waals surface area (Å²) < 4.78 is 0. The van der Waals surface area contributed by atoms with Crippen molar-refractivity contribution in [1.82, 2.24) is 5.01 Å². The van der Waals surface area contributed by atoms with Gasteiger partial charge in [-0.05, 0) is 23.3 Å². The number of rotatable bonds is 0. The topological polar surface area (TPSA) is 41.6 Å². The Bertz CT molecular complexity index is 331. The number of anilines is 1. The number of hydrogen-bond donors (Lipinski definition) is 1. The van der Waals surface area contributed by atoms with Gasteiger partial charge in [0.2, 0.25) is 0 Å². The molecule has 0 unspecified atom stereocenters. The summed E-state index contributed by atoms with van der Waals surface area (Å²) in [6.45, 7) is 0.844. The van der Waals surface area contributed by atoms with Crippen LogP contribution in [0.5, 0.6) is 0 Å². The third-order valence-electron chi connectivity index (χ3n) is 1.96. The van der Waals surface area contributed by atoms with E-state index in [1.165, 1.54) is 11.1 Å². The van der Waals surface area contributed by atoms with Crippen molar-refractivity contribution in [2.24, 2.45) is 5.10 Å². The molecule has 2 N–H and O–H groups in total. The maximum atomic E-state index is 5.66. The van der Waals surface area contributed by atoms with E-state index < -0.39 is 0 Å². The normalized spacial score (nSPS) is 14.6. The van der Waals surface area contributed by atoms with E-state index in [0.29, 0.717) is 0 Å². The molecule has 3 nitrogen and oxygen atoms in total. The zero-order valence-corrected chi connectivity index (χ0v) is 6.99. The molecule has 2 rings (SSSR count). The second kappa shape index (κ2) is 2.52. The lowest BCUT2D eigenvalue weighted by Crippen LogP contribution is -2.16. The molecule has 0 aromatic heterocycles. The van der Waals surface area contributed by atoms with Gasteiger partial charge < -0.3 is 5.73 Å². The van der Waals surface area contributed by atoms with Crippen LogP contribution >= 0.6 is 0 Å². The molecular formula is C9H11N3. The molecule has 0 saturated heterocycles. The van der Waals surface area contributed by atoms with Crippen molar-refractivity contribution in [2.75, 3.05) is 12.8 Å².